The number of aromatic nitrogens is 1. The maximum atomic E-state index is 5.70. The lowest BCUT2D eigenvalue weighted by Crippen LogP contribution is -2.43. The van der Waals surface area contributed by atoms with Gasteiger partial charge in [0.05, 0.1) is 18.0 Å². The van der Waals surface area contributed by atoms with Gasteiger partial charge in [-0.2, -0.15) is 0 Å². The SMILES string of the molecule is CN=C(NCCc1coc(-c2ccc(C)cc2)n1)NCC(c1ccco1)N1CCCC1.I. The van der Waals surface area contributed by atoms with Crippen LogP contribution in [0, 0.1) is 6.92 Å². The van der Waals surface area contributed by atoms with Crippen LogP contribution in [0.15, 0.2) is 62.8 Å². The summed E-state index contributed by atoms with van der Waals surface area (Å²) in [6.45, 7) is 5.74. The molecule has 4 rings (SSSR count). The Morgan fingerprint density at radius 2 is 1.91 bits per heavy atom. The molecule has 1 aliphatic rings. The van der Waals surface area contributed by atoms with Gasteiger partial charge in [0.2, 0.25) is 5.89 Å². The van der Waals surface area contributed by atoms with Gasteiger partial charge in [0.15, 0.2) is 5.96 Å². The Kier molecular flexibility index (Phi) is 9.16. The van der Waals surface area contributed by atoms with Gasteiger partial charge in [-0.05, 0) is 57.1 Å². The number of hydrogen-bond donors (Lipinski definition) is 2. The first-order valence-corrected chi connectivity index (χ1v) is 11.0. The van der Waals surface area contributed by atoms with E-state index < -0.39 is 0 Å². The highest BCUT2D eigenvalue weighted by atomic mass is 127. The second kappa shape index (κ2) is 12.1. The Morgan fingerprint density at radius 3 is 2.59 bits per heavy atom. The monoisotopic (exact) mass is 549 g/mol. The standard InChI is InChI=1S/C24H31N5O2.HI/c1-18-7-9-19(10-8-18)23-28-20(17-31-23)11-12-26-24(25-2)27-16-21(22-6-5-15-30-22)29-13-3-4-14-29;/h5-10,15,17,21H,3-4,11-14,16H2,1-2H3,(H2,25,26,27);1H. The van der Waals surface area contributed by atoms with Crippen LogP contribution in [0.1, 0.15) is 35.9 Å². The van der Waals surface area contributed by atoms with E-state index in [1.165, 1.54) is 18.4 Å². The molecule has 2 aromatic heterocycles. The van der Waals surface area contributed by atoms with Crippen molar-refractivity contribution in [2.45, 2.75) is 32.2 Å². The molecule has 32 heavy (non-hydrogen) atoms. The third kappa shape index (κ3) is 6.35. The molecule has 1 unspecified atom stereocenters. The molecule has 7 nitrogen and oxygen atoms in total. The molecule has 172 valence electrons. The first-order valence-electron chi connectivity index (χ1n) is 11.0. The number of hydrogen-bond acceptors (Lipinski definition) is 5. The second-order valence-electron chi connectivity index (χ2n) is 7.91. The summed E-state index contributed by atoms with van der Waals surface area (Å²) in [7, 11) is 1.79. The van der Waals surface area contributed by atoms with Crippen LogP contribution in [0.5, 0.6) is 0 Å². The van der Waals surface area contributed by atoms with Crippen molar-refractivity contribution in [3.63, 3.8) is 0 Å². The highest BCUT2D eigenvalue weighted by Gasteiger charge is 2.25. The Hall–Kier alpha value is -2.33. The molecule has 0 spiro atoms. The van der Waals surface area contributed by atoms with Crippen LogP contribution in [-0.4, -0.2) is 49.1 Å². The van der Waals surface area contributed by atoms with Gasteiger partial charge in [-0.3, -0.25) is 9.89 Å². The highest BCUT2D eigenvalue weighted by molar-refractivity contribution is 14.0. The molecule has 3 aromatic rings. The van der Waals surface area contributed by atoms with E-state index in [9.17, 15) is 0 Å². The van der Waals surface area contributed by atoms with Gasteiger partial charge in [0.1, 0.15) is 12.0 Å². The number of nitrogens with one attached hydrogen (secondary N) is 2. The molecule has 0 aliphatic carbocycles. The van der Waals surface area contributed by atoms with Crippen LogP contribution in [0.25, 0.3) is 11.5 Å². The predicted molar refractivity (Wildman–Crippen MR) is 137 cm³/mol. The molecule has 0 saturated carbocycles. The van der Waals surface area contributed by atoms with Gasteiger partial charge >= 0.3 is 0 Å². The molecule has 2 N–H and O–H groups in total. The lowest BCUT2D eigenvalue weighted by Gasteiger charge is -2.26. The van der Waals surface area contributed by atoms with Crippen LogP contribution < -0.4 is 10.6 Å². The van der Waals surface area contributed by atoms with E-state index in [0.29, 0.717) is 12.4 Å². The van der Waals surface area contributed by atoms with Crippen LogP contribution in [0.2, 0.25) is 0 Å². The van der Waals surface area contributed by atoms with Crippen molar-refractivity contribution in [2.24, 2.45) is 4.99 Å². The van der Waals surface area contributed by atoms with Crippen LogP contribution in [0.4, 0.5) is 0 Å². The molecule has 0 amide bonds. The van der Waals surface area contributed by atoms with Crippen molar-refractivity contribution >= 4 is 29.9 Å². The molecule has 1 atom stereocenters. The first kappa shape index (κ1) is 24.3. The lowest BCUT2D eigenvalue weighted by atomic mass is 10.1. The number of oxazole rings is 1. The van der Waals surface area contributed by atoms with Crippen LogP contribution >= 0.6 is 24.0 Å². The summed E-state index contributed by atoms with van der Waals surface area (Å²) in [5.41, 5.74) is 3.13. The van der Waals surface area contributed by atoms with Crippen molar-refractivity contribution in [2.75, 3.05) is 33.2 Å². The molecule has 8 heteroatoms. The zero-order chi connectivity index (χ0) is 21.5. The third-order valence-electron chi connectivity index (χ3n) is 5.66. The Balaban J connectivity index is 0.00000289. The minimum absolute atomic E-state index is 0. The fraction of sp³-hybridized carbons (Fsp3) is 0.417. The minimum atomic E-state index is 0. The second-order valence-corrected chi connectivity index (χ2v) is 7.91. The quantitative estimate of drug-likeness (QED) is 0.246. The van der Waals surface area contributed by atoms with Gasteiger partial charge in [-0.15, -0.1) is 24.0 Å². The van der Waals surface area contributed by atoms with Gasteiger partial charge in [-0.1, -0.05) is 17.7 Å². The van der Waals surface area contributed by atoms with E-state index in [2.05, 4.69) is 50.6 Å². The van der Waals surface area contributed by atoms with Crippen LogP contribution in [-0.2, 0) is 6.42 Å². The molecule has 1 saturated heterocycles. The lowest BCUT2D eigenvalue weighted by molar-refractivity contribution is 0.215. The molecule has 0 radical (unpaired) electrons. The van der Waals surface area contributed by atoms with E-state index in [-0.39, 0.29) is 30.0 Å². The molecular formula is C24H32IN5O2. The smallest absolute Gasteiger partial charge is 0.226 e. The number of aryl methyl sites for hydroxylation is 1. The van der Waals surface area contributed by atoms with Crippen LogP contribution in [0.3, 0.4) is 0 Å². The number of benzene rings is 1. The number of guanidine groups is 1. The number of rotatable bonds is 8. The van der Waals surface area contributed by atoms with Gasteiger partial charge in [0.25, 0.3) is 0 Å². The number of furan rings is 1. The maximum Gasteiger partial charge on any atom is 0.226 e. The molecule has 3 heterocycles. The highest BCUT2D eigenvalue weighted by Crippen LogP contribution is 2.25. The van der Waals surface area contributed by atoms with Gasteiger partial charge in [0, 0.05) is 32.1 Å². The Labute approximate surface area is 206 Å². The molecule has 1 aliphatic heterocycles. The van der Waals surface area contributed by atoms with Crippen molar-refractivity contribution < 1.29 is 8.83 Å². The summed E-state index contributed by atoms with van der Waals surface area (Å²) in [6.07, 6.45) is 6.71. The Bertz CT molecular complexity index is 963. The molecule has 0 bridgehead atoms. The number of likely N-dealkylation sites (tertiary alicyclic amines) is 1. The fourth-order valence-corrected chi connectivity index (χ4v) is 3.92. The normalized spacial score (nSPS) is 15.4. The van der Waals surface area contributed by atoms with E-state index in [1.54, 1.807) is 19.6 Å². The summed E-state index contributed by atoms with van der Waals surface area (Å²) in [4.78, 5) is 11.4. The van der Waals surface area contributed by atoms with E-state index in [1.807, 2.05) is 18.2 Å². The molecule has 1 aromatic carbocycles. The number of nitrogens with zero attached hydrogens (tertiary/aromatic N) is 3. The zero-order valence-electron chi connectivity index (χ0n) is 18.7. The predicted octanol–water partition coefficient (Wildman–Crippen LogP) is 4.41. The van der Waals surface area contributed by atoms with Crippen molar-refractivity contribution in [1.82, 2.24) is 20.5 Å². The van der Waals surface area contributed by atoms with Crippen molar-refractivity contribution in [3.8, 4) is 11.5 Å². The fourth-order valence-electron chi connectivity index (χ4n) is 3.92. The summed E-state index contributed by atoms with van der Waals surface area (Å²) in [5, 5.41) is 6.82. The third-order valence-corrected chi connectivity index (χ3v) is 5.66. The van der Waals surface area contributed by atoms with E-state index >= 15 is 0 Å². The summed E-state index contributed by atoms with van der Waals surface area (Å²) < 4.78 is 11.3. The average molecular weight is 549 g/mol. The summed E-state index contributed by atoms with van der Waals surface area (Å²) >= 11 is 0. The molecular weight excluding hydrogens is 517 g/mol. The topological polar surface area (TPSA) is 78.8 Å². The zero-order valence-corrected chi connectivity index (χ0v) is 21.0. The minimum Gasteiger partial charge on any atom is -0.468 e. The average Bonchev–Trinajstić information content (AvgIpc) is 3.56. The number of aliphatic imine (C=N–C) groups is 1. The summed E-state index contributed by atoms with van der Waals surface area (Å²) in [5.74, 6) is 2.43. The van der Waals surface area contributed by atoms with E-state index in [4.69, 9.17) is 8.83 Å². The number of halogens is 1. The largest absolute Gasteiger partial charge is 0.468 e. The van der Waals surface area contributed by atoms with E-state index in [0.717, 1.165) is 49.0 Å². The van der Waals surface area contributed by atoms with Gasteiger partial charge in [-0.25, -0.2) is 4.98 Å². The van der Waals surface area contributed by atoms with Crippen molar-refractivity contribution in [1.29, 1.82) is 0 Å². The first-order chi connectivity index (χ1) is 15.2. The Morgan fingerprint density at radius 1 is 1.12 bits per heavy atom. The summed E-state index contributed by atoms with van der Waals surface area (Å²) in [6, 6.07) is 12.4. The maximum absolute atomic E-state index is 5.70. The van der Waals surface area contributed by atoms with Gasteiger partial charge < -0.3 is 19.5 Å². The molecule has 1 fully saturated rings. The van der Waals surface area contributed by atoms with Crippen molar-refractivity contribution in [3.05, 3.63) is 65.9 Å².